The summed E-state index contributed by atoms with van der Waals surface area (Å²) >= 11 is 3.25. The molecule has 0 spiro atoms. The number of aliphatic hydroxyl groups is 1. The van der Waals surface area contributed by atoms with Crippen LogP contribution in [0.5, 0.6) is 0 Å². The number of rotatable bonds is 8. The summed E-state index contributed by atoms with van der Waals surface area (Å²) in [6.07, 6.45) is 2.21. The summed E-state index contributed by atoms with van der Waals surface area (Å²) in [5.74, 6) is 0.325. The molecule has 0 aromatic rings. The van der Waals surface area contributed by atoms with E-state index in [0.717, 1.165) is 29.3 Å². The number of halogens is 2. The number of carbonyl (C=O) groups is 1. The van der Waals surface area contributed by atoms with E-state index in [4.69, 9.17) is 5.11 Å². The quantitative estimate of drug-likeness (QED) is 0.415. The second kappa shape index (κ2) is 9.75. The average molecular weight is 347 g/mol. The Morgan fingerprint density at radius 3 is 2.33 bits per heavy atom. The maximum absolute atomic E-state index is 11.2. The van der Waals surface area contributed by atoms with Crippen LogP contribution in [0.1, 0.15) is 19.3 Å². The first-order valence-electron chi connectivity index (χ1n) is 5.02. The molecule has 3 nitrogen and oxygen atoms in total. The van der Waals surface area contributed by atoms with Crippen molar-refractivity contribution in [3.05, 3.63) is 0 Å². The smallest absolute Gasteiger partial charge is 0.133 e. The lowest BCUT2D eigenvalue weighted by Gasteiger charge is -2.28. The highest BCUT2D eigenvalue weighted by Gasteiger charge is 2.14. The van der Waals surface area contributed by atoms with Crippen LogP contribution in [0.4, 0.5) is 0 Å². The molecule has 0 saturated carbocycles. The Balaban J connectivity index is 0. The molecule has 0 aliphatic carbocycles. The molecule has 1 N–H and O–H groups in total. The summed E-state index contributed by atoms with van der Waals surface area (Å²) in [7, 11) is 4.15. The topological polar surface area (TPSA) is 37.3 Å². The number of likely N-dealkylation sites (N-methyl/N-ethyl adjacent to an activating group) is 1. The maximum atomic E-state index is 11.2. The van der Waals surface area contributed by atoms with Gasteiger partial charge in [-0.3, -0.25) is 4.79 Å². The van der Waals surface area contributed by atoms with Crippen LogP contribution >= 0.6 is 15.9 Å². The summed E-state index contributed by atoms with van der Waals surface area (Å²) in [6.45, 7) is 1.92. The first kappa shape index (κ1) is 17.9. The second-order valence-electron chi connectivity index (χ2n) is 4.19. The normalized spacial score (nSPS) is 10.9. The standard InChI is InChI=1S/C10H21BrNO2.BrH/c1-12(2,8-9-13)7-3-4-10(14)5-6-11;/h13H,3-9H2,1-2H3;1H/q+1;/p-1. The lowest BCUT2D eigenvalue weighted by atomic mass is 10.1. The Morgan fingerprint density at radius 1 is 1.27 bits per heavy atom. The van der Waals surface area contributed by atoms with E-state index < -0.39 is 0 Å². The van der Waals surface area contributed by atoms with Gasteiger partial charge in [-0.1, -0.05) is 15.9 Å². The van der Waals surface area contributed by atoms with Crippen molar-refractivity contribution in [3.63, 3.8) is 0 Å². The fourth-order valence-corrected chi connectivity index (χ4v) is 1.76. The molecule has 0 fully saturated rings. The zero-order valence-electron chi connectivity index (χ0n) is 9.51. The maximum Gasteiger partial charge on any atom is 0.133 e. The van der Waals surface area contributed by atoms with Crippen LogP contribution in [-0.4, -0.2) is 54.5 Å². The largest absolute Gasteiger partial charge is 1.00 e. The van der Waals surface area contributed by atoms with Gasteiger partial charge >= 0.3 is 0 Å². The lowest BCUT2D eigenvalue weighted by Crippen LogP contribution is -3.00. The number of ketones is 1. The molecule has 0 aliphatic rings. The molecule has 0 unspecified atom stereocenters. The molecule has 0 aliphatic heterocycles. The molecule has 0 heterocycles. The molecule has 0 atom stereocenters. The van der Waals surface area contributed by atoms with Crippen molar-refractivity contribution in [1.29, 1.82) is 0 Å². The Morgan fingerprint density at radius 2 is 1.87 bits per heavy atom. The van der Waals surface area contributed by atoms with Crippen LogP contribution in [-0.2, 0) is 4.79 Å². The number of Topliss-reactive ketones (excluding diaryl/α,β-unsaturated/α-hetero) is 1. The van der Waals surface area contributed by atoms with Gasteiger partial charge in [0.15, 0.2) is 0 Å². The van der Waals surface area contributed by atoms with Crippen LogP contribution in [0.15, 0.2) is 0 Å². The fourth-order valence-electron chi connectivity index (χ4n) is 1.32. The van der Waals surface area contributed by atoms with E-state index >= 15 is 0 Å². The highest BCUT2D eigenvalue weighted by atomic mass is 79.9. The van der Waals surface area contributed by atoms with Gasteiger partial charge in [0.25, 0.3) is 0 Å². The molecular formula is C10H21Br2NO2. The molecule has 0 aromatic heterocycles. The van der Waals surface area contributed by atoms with E-state index in [-0.39, 0.29) is 23.6 Å². The number of quaternary nitrogens is 1. The minimum atomic E-state index is 0. The van der Waals surface area contributed by atoms with E-state index in [1.165, 1.54) is 0 Å². The first-order chi connectivity index (χ1) is 6.52. The third-order valence-electron chi connectivity index (χ3n) is 2.30. The molecular weight excluding hydrogens is 326 g/mol. The summed E-state index contributed by atoms with van der Waals surface area (Å²) < 4.78 is 0.790. The lowest BCUT2D eigenvalue weighted by molar-refractivity contribution is -0.890. The van der Waals surface area contributed by atoms with Gasteiger partial charge in [-0.15, -0.1) is 0 Å². The van der Waals surface area contributed by atoms with Crippen LogP contribution < -0.4 is 17.0 Å². The van der Waals surface area contributed by atoms with E-state index in [1.807, 2.05) is 0 Å². The number of carbonyl (C=O) groups excluding carboxylic acids is 1. The number of alkyl halides is 1. The van der Waals surface area contributed by atoms with Crippen LogP contribution in [0.3, 0.4) is 0 Å². The van der Waals surface area contributed by atoms with E-state index in [0.29, 0.717) is 18.6 Å². The first-order valence-corrected chi connectivity index (χ1v) is 6.14. The summed E-state index contributed by atoms with van der Waals surface area (Å²) in [5, 5.41) is 9.57. The van der Waals surface area contributed by atoms with Crippen molar-refractivity contribution in [3.8, 4) is 0 Å². The number of aliphatic hydroxyl groups excluding tert-OH is 1. The predicted molar refractivity (Wildman–Crippen MR) is 61.6 cm³/mol. The summed E-state index contributed by atoms with van der Waals surface area (Å²) in [5.41, 5.74) is 0. The zero-order valence-corrected chi connectivity index (χ0v) is 12.7. The average Bonchev–Trinajstić information content (AvgIpc) is 2.03. The molecule has 0 radical (unpaired) electrons. The molecule has 0 rings (SSSR count). The monoisotopic (exact) mass is 345 g/mol. The van der Waals surface area contributed by atoms with Crippen molar-refractivity contribution in [2.75, 3.05) is 39.1 Å². The predicted octanol–water partition coefficient (Wildman–Crippen LogP) is -1.81. The minimum Gasteiger partial charge on any atom is -1.00 e. The van der Waals surface area contributed by atoms with Crippen molar-refractivity contribution >= 4 is 21.7 Å². The van der Waals surface area contributed by atoms with Gasteiger partial charge in [0.05, 0.1) is 27.2 Å². The highest BCUT2D eigenvalue weighted by Crippen LogP contribution is 2.03. The van der Waals surface area contributed by atoms with Gasteiger partial charge in [0, 0.05) is 24.6 Å². The van der Waals surface area contributed by atoms with Gasteiger partial charge in [0.2, 0.25) is 0 Å². The molecule has 92 valence electrons. The van der Waals surface area contributed by atoms with E-state index in [9.17, 15) is 4.79 Å². The third kappa shape index (κ3) is 10.8. The van der Waals surface area contributed by atoms with Gasteiger partial charge in [-0.25, -0.2) is 0 Å². The highest BCUT2D eigenvalue weighted by molar-refractivity contribution is 9.09. The Hall–Kier alpha value is 0.550. The van der Waals surface area contributed by atoms with Gasteiger partial charge < -0.3 is 26.6 Å². The van der Waals surface area contributed by atoms with E-state index in [1.54, 1.807) is 0 Å². The molecule has 5 heteroatoms. The SMILES string of the molecule is C[N+](C)(CCO)CCCC(=O)CCBr.[Br-]. The Labute approximate surface area is 111 Å². The van der Waals surface area contributed by atoms with E-state index in [2.05, 4.69) is 30.0 Å². The number of hydrogen-bond acceptors (Lipinski definition) is 2. The van der Waals surface area contributed by atoms with Crippen molar-refractivity contribution in [1.82, 2.24) is 0 Å². The fraction of sp³-hybridized carbons (Fsp3) is 0.900. The molecule has 15 heavy (non-hydrogen) atoms. The van der Waals surface area contributed by atoms with Gasteiger partial charge in [-0.2, -0.15) is 0 Å². The van der Waals surface area contributed by atoms with Crippen molar-refractivity contribution < 1.29 is 31.4 Å². The van der Waals surface area contributed by atoms with Gasteiger partial charge in [-0.05, 0) is 0 Å². The zero-order chi connectivity index (χ0) is 11.0. The second-order valence-corrected chi connectivity index (χ2v) is 4.98. The summed E-state index contributed by atoms with van der Waals surface area (Å²) in [4.78, 5) is 11.2. The Kier molecular flexibility index (Phi) is 11.7. The Bertz CT molecular complexity index is 175. The number of hydrogen-bond donors (Lipinski definition) is 1. The van der Waals surface area contributed by atoms with Crippen molar-refractivity contribution in [2.45, 2.75) is 19.3 Å². The third-order valence-corrected chi connectivity index (χ3v) is 2.69. The van der Waals surface area contributed by atoms with Crippen LogP contribution in [0, 0.1) is 0 Å². The van der Waals surface area contributed by atoms with Crippen molar-refractivity contribution in [2.24, 2.45) is 0 Å². The van der Waals surface area contributed by atoms with Gasteiger partial charge in [0.1, 0.15) is 12.3 Å². The molecule has 0 aromatic carbocycles. The van der Waals surface area contributed by atoms with Crippen LogP contribution in [0.2, 0.25) is 0 Å². The summed E-state index contributed by atoms with van der Waals surface area (Å²) in [6, 6.07) is 0. The molecule has 0 amide bonds. The number of nitrogens with zero attached hydrogens (tertiary/aromatic N) is 1. The van der Waals surface area contributed by atoms with Crippen LogP contribution in [0.25, 0.3) is 0 Å². The molecule has 0 saturated heterocycles. The minimum absolute atomic E-state index is 0. The molecule has 0 bridgehead atoms.